The summed E-state index contributed by atoms with van der Waals surface area (Å²) in [6.45, 7) is 6.07. The summed E-state index contributed by atoms with van der Waals surface area (Å²) in [6.07, 6.45) is 5.60. The molecule has 2 aliphatic rings. The van der Waals surface area contributed by atoms with Crippen LogP contribution >= 0.6 is 0 Å². The number of anilines is 2. The maximum atomic E-state index is 15.0. The lowest BCUT2D eigenvalue weighted by Crippen LogP contribution is -2.60. The standard InChI is InChI=1S/C28H32F3N5O/c1-17-9-19(32)14-35(13-17)25-7-8-33-12-18(25)3-4-20-5-6-22(29)27(34-20)26-23(30)10-21(11-24(26)31)36-15-28(2,37)16-36/h5-8,10-12,17,19,37H,3-4,9,13-16,32H2,1-2H3/t17-,19+/m1/s1. The molecular formula is C28H32F3N5O. The Morgan fingerprint density at radius 2 is 1.76 bits per heavy atom. The number of aromatic nitrogens is 2. The zero-order chi connectivity index (χ0) is 26.3. The van der Waals surface area contributed by atoms with Gasteiger partial charge in [-0.05, 0) is 68.0 Å². The molecule has 5 rings (SSSR count). The SMILES string of the molecule is C[C@@H]1C[C@H](N)CN(c2ccncc2CCc2ccc(F)c(-c3c(F)cc(N4CC(C)(O)C4)cc3F)n2)C1. The number of benzene rings is 1. The summed E-state index contributed by atoms with van der Waals surface area (Å²) in [5, 5.41) is 9.93. The molecule has 0 amide bonds. The molecule has 0 spiro atoms. The first-order valence-electron chi connectivity index (χ1n) is 12.7. The van der Waals surface area contributed by atoms with Crippen LogP contribution < -0.4 is 15.5 Å². The summed E-state index contributed by atoms with van der Waals surface area (Å²) < 4.78 is 44.8. The molecule has 0 saturated carbocycles. The second kappa shape index (κ2) is 9.95. The van der Waals surface area contributed by atoms with Gasteiger partial charge in [0.2, 0.25) is 0 Å². The lowest BCUT2D eigenvalue weighted by atomic mass is 9.95. The Morgan fingerprint density at radius 3 is 2.43 bits per heavy atom. The number of aryl methyl sites for hydroxylation is 2. The molecule has 2 atom stereocenters. The van der Waals surface area contributed by atoms with Crippen molar-refractivity contribution in [3.8, 4) is 11.3 Å². The van der Waals surface area contributed by atoms with E-state index < -0.39 is 28.6 Å². The predicted octanol–water partition coefficient (Wildman–Crippen LogP) is 4.09. The fraction of sp³-hybridized carbons (Fsp3) is 0.429. The van der Waals surface area contributed by atoms with E-state index in [1.807, 2.05) is 12.3 Å². The van der Waals surface area contributed by atoms with Crippen LogP contribution in [0.1, 0.15) is 31.5 Å². The number of hydrogen-bond acceptors (Lipinski definition) is 6. The van der Waals surface area contributed by atoms with E-state index in [-0.39, 0.29) is 24.8 Å². The van der Waals surface area contributed by atoms with Crippen LogP contribution in [-0.4, -0.2) is 52.9 Å². The number of hydrogen-bond donors (Lipinski definition) is 2. The van der Waals surface area contributed by atoms with Gasteiger partial charge in [-0.25, -0.2) is 18.2 Å². The summed E-state index contributed by atoms with van der Waals surface area (Å²) in [5.74, 6) is -2.10. The topological polar surface area (TPSA) is 78.5 Å². The zero-order valence-electron chi connectivity index (χ0n) is 21.1. The predicted molar refractivity (Wildman–Crippen MR) is 138 cm³/mol. The summed E-state index contributed by atoms with van der Waals surface area (Å²) in [7, 11) is 0. The van der Waals surface area contributed by atoms with Crippen LogP contribution in [-0.2, 0) is 12.8 Å². The van der Waals surface area contributed by atoms with E-state index in [0.717, 1.165) is 42.9 Å². The molecule has 6 nitrogen and oxygen atoms in total. The summed E-state index contributed by atoms with van der Waals surface area (Å²) in [4.78, 5) is 12.5. The third-order valence-corrected chi connectivity index (χ3v) is 7.16. The van der Waals surface area contributed by atoms with Crippen LogP contribution in [0.2, 0.25) is 0 Å². The number of pyridine rings is 2. The second-order valence-electron chi connectivity index (χ2n) is 10.8. The van der Waals surface area contributed by atoms with Crippen molar-refractivity contribution in [3.63, 3.8) is 0 Å². The van der Waals surface area contributed by atoms with Gasteiger partial charge < -0.3 is 20.6 Å². The van der Waals surface area contributed by atoms with Crippen LogP contribution in [0.25, 0.3) is 11.3 Å². The molecule has 2 aromatic heterocycles. The van der Waals surface area contributed by atoms with E-state index in [2.05, 4.69) is 21.8 Å². The zero-order valence-corrected chi connectivity index (χ0v) is 21.1. The molecule has 1 aromatic carbocycles. The van der Waals surface area contributed by atoms with E-state index in [1.54, 1.807) is 24.1 Å². The molecule has 0 bridgehead atoms. The molecule has 3 N–H and O–H groups in total. The molecule has 0 aliphatic carbocycles. The molecule has 3 aromatic rings. The smallest absolute Gasteiger partial charge is 0.149 e. The molecule has 0 radical (unpaired) electrons. The Kier molecular flexibility index (Phi) is 6.85. The van der Waals surface area contributed by atoms with Gasteiger partial charge in [-0.1, -0.05) is 6.92 Å². The molecule has 4 heterocycles. The Balaban J connectivity index is 1.36. The lowest BCUT2D eigenvalue weighted by Gasteiger charge is -2.45. The van der Waals surface area contributed by atoms with Crippen molar-refractivity contribution in [2.24, 2.45) is 11.7 Å². The summed E-state index contributed by atoms with van der Waals surface area (Å²) in [5.41, 5.74) is 7.43. The van der Waals surface area contributed by atoms with Gasteiger partial charge >= 0.3 is 0 Å². The van der Waals surface area contributed by atoms with E-state index >= 15 is 8.78 Å². The highest BCUT2D eigenvalue weighted by atomic mass is 19.1. The maximum Gasteiger partial charge on any atom is 0.149 e. The van der Waals surface area contributed by atoms with Crippen LogP contribution in [0.4, 0.5) is 24.5 Å². The highest BCUT2D eigenvalue weighted by Crippen LogP contribution is 2.34. The number of rotatable bonds is 6. The average Bonchev–Trinajstić information content (AvgIpc) is 2.82. The Labute approximate surface area is 215 Å². The molecule has 2 aliphatic heterocycles. The Morgan fingerprint density at radius 1 is 1.03 bits per heavy atom. The van der Waals surface area contributed by atoms with Crippen molar-refractivity contribution in [3.05, 3.63) is 71.4 Å². The van der Waals surface area contributed by atoms with Gasteiger partial charge in [-0.2, -0.15) is 0 Å². The molecule has 196 valence electrons. The van der Waals surface area contributed by atoms with Gasteiger partial charge in [0, 0.05) is 61.7 Å². The maximum absolute atomic E-state index is 15.0. The first-order chi connectivity index (χ1) is 17.6. The highest BCUT2D eigenvalue weighted by molar-refractivity contribution is 5.66. The molecule has 0 unspecified atom stereocenters. The summed E-state index contributed by atoms with van der Waals surface area (Å²) >= 11 is 0. The van der Waals surface area contributed by atoms with E-state index in [1.165, 1.54) is 6.07 Å². The fourth-order valence-corrected chi connectivity index (χ4v) is 5.50. The monoisotopic (exact) mass is 511 g/mol. The quantitative estimate of drug-likeness (QED) is 0.519. The average molecular weight is 512 g/mol. The number of nitrogens with two attached hydrogens (primary N) is 1. The van der Waals surface area contributed by atoms with Gasteiger partial charge in [-0.3, -0.25) is 4.98 Å². The molecule has 2 fully saturated rings. The largest absolute Gasteiger partial charge is 0.386 e. The van der Waals surface area contributed by atoms with Crippen molar-refractivity contribution >= 4 is 11.4 Å². The van der Waals surface area contributed by atoms with Crippen LogP contribution in [0.3, 0.4) is 0 Å². The van der Waals surface area contributed by atoms with Gasteiger partial charge in [-0.15, -0.1) is 0 Å². The van der Waals surface area contributed by atoms with Gasteiger partial charge in [0.25, 0.3) is 0 Å². The normalized spacial score (nSPS) is 21.2. The molecule has 2 saturated heterocycles. The van der Waals surface area contributed by atoms with Crippen molar-refractivity contribution in [2.45, 2.75) is 44.8 Å². The lowest BCUT2D eigenvalue weighted by molar-refractivity contribution is 0.0309. The molecule has 9 heteroatoms. The van der Waals surface area contributed by atoms with Crippen molar-refractivity contribution in [2.75, 3.05) is 36.0 Å². The minimum absolute atomic E-state index is 0.108. The third-order valence-electron chi connectivity index (χ3n) is 7.16. The van der Waals surface area contributed by atoms with Crippen LogP contribution in [0.5, 0.6) is 0 Å². The van der Waals surface area contributed by atoms with E-state index in [4.69, 9.17) is 5.73 Å². The molecular weight excluding hydrogens is 479 g/mol. The number of piperidine rings is 1. The number of aliphatic hydroxyl groups is 1. The highest BCUT2D eigenvalue weighted by Gasteiger charge is 2.37. The van der Waals surface area contributed by atoms with Crippen molar-refractivity contribution in [1.82, 2.24) is 9.97 Å². The van der Waals surface area contributed by atoms with Crippen molar-refractivity contribution in [1.29, 1.82) is 0 Å². The second-order valence-corrected chi connectivity index (χ2v) is 10.8. The van der Waals surface area contributed by atoms with Gasteiger partial charge in [0.1, 0.15) is 23.1 Å². The number of halogens is 3. The van der Waals surface area contributed by atoms with Gasteiger partial charge in [0.05, 0.1) is 11.2 Å². The minimum Gasteiger partial charge on any atom is -0.386 e. The molecule has 37 heavy (non-hydrogen) atoms. The van der Waals surface area contributed by atoms with Crippen LogP contribution in [0, 0.1) is 23.4 Å². The third kappa shape index (κ3) is 5.43. The number of nitrogens with zero attached hydrogens (tertiary/aromatic N) is 4. The number of β-amino-alcohol motifs (C(OH)–C–C–N with tert-alkyl or cyclic N) is 1. The first-order valence-corrected chi connectivity index (χ1v) is 12.7. The Hall–Kier alpha value is -3.17. The van der Waals surface area contributed by atoms with Crippen LogP contribution in [0.15, 0.2) is 42.7 Å². The van der Waals surface area contributed by atoms with Crippen molar-refractivity contribution < 1.29 is 18.3 Å². The van der Waals surface area contributed by atoms with E-state index in [0.29, 0.717) is 30.1 Å². The minimum atomic E-state index is -0.893. The fourth-order valence-electron chi connectivity index (χ4n) is 5.50. The summed E-state index contributed by atoms with van der Waals surface area (Å²) in [6, 6.07) is 7.15. The Bertz CT molecular complexity index is 1260. The first kappa shape index (κ1) is 25.5. The van der Waals surface area contributed by atoms with Gasteiger partial charge in [0.15, 0.2) is 0 Å². The van der Waals surface area contributed by atoms with E-state index in [9.17, 15) is 9.50 Å².